The molecule has 0 spiro atoms. The Hall–Kier alpha value is -3.62. The highest BCUT2D eigenvalue weighted by Crippen LogP contribution is 2.35. The van der Waals surface area contributed by atoms with Crippen LogP contribution in [0.25, 0.3) is 11.1 Å². The Morgan fingerprint density at radius 2 is 1.74 bits per heavy atom. The molecule has 2 aromatic rings. The summed E-state index contributed by atoms with van der Waals surface area (Å²) in [6.07, 6.45) is -5.47. The van der Waals surface area contributed by atoms with Gasteiger partial charge in [-0.3, -0.25) is 15.0 Å². The quantitative estimate of drug-likeness (QED) is 0.360. The molecule has 38 heavy (non-hydrogen) atoms. The Morgan fingerprint density at radius 1 is 1.13 bits per heavy atom. The Labute approximate surface area is 219 Å². The van der Waals surface area contributed by atoms with Gasteiger partial charge in [-0.25, -0.2) is 4.79 Å². The van der Waals surface area contributed by atoms with Gasteiger partial charge >= 0.3 is 12.3 Å². The first-order valence-corrected chi connectivity index (χ1v) is 12.4. The second-order valence-corrected chi connectivity index (χ2v) is 9.64. The normalized spacial score (nSPS) is 17.5. The number of nitrogens with one attached hydrogen (secondary N) is 3. The molecule has 204 valence electrons. The van der Waals surface area contributed by atoms with Gasteiger partial charge in [-0.2, -0.15) is 18.4 Å². The molecule has 3 rings (SSSR count). The summed E-state index contributed by atoms with van der Waals surface area (Å²) in [6.45, 7) is 4.79. The summed E-state index contributed by atoms with van der Waals surface area (Å²) in [6, 6.07) is 11.5. The van der Waals surface area contributed by atoms with Crippen LogP contribution in [0, 0.1) is 17.2 Å². The van der Waals surface area contributed by atoms with Crippen molar-refractivity contribution in [2.45, 2.75) is 44.6 Å². The highest BCUT2D eigenvalue weighted by atomic mass is 19.4. The van der Waals surface area contributed by atoms with Crippen LogP contribution >= 0.6 is 0 Å². The van der Waals surface area contributed by atoms with Crippen molar-refractivity contribution in [1.29, 1.82) is 5.26 Å². The molecule has 1 fully saturated rings. The molecule has 1 saturated heterocycles. The third kappa shape index (κ3) is 7.46. The van der Waals surface area contributed by atoms with Gasteiger partial charge in [-0.05, 0) is 34.6 Å². The molecule has 1 aliphatic heterocycles. The number of amides is 2. The van der Waals surface area contributed by atoms with Crippen LogP contribution in [-0.2, 0) is 4.79 Å². The average molecular weight is 532 g/mol. The van der Waals surface area contributed by atoms with E-state index < -0.39 is 30.3 Å². The van der Waals surface area contributed by atoms with E-state index in [2.05, 4.69) is 16.0 Å². The van der Waals surface area contributed by atoms with Crippen molar-refractivity contribution in [2.75, 3.05) is 26.2 Å². The molecule has 2 amide bonds. The van der Waals surface area contributed by atoms with Gasteiger partial charge in [0.1, 0.15) is 12.6 Å². The fourth-order valence-electron chi connectivity index (χ4n) is 4.55. The summed E-state index contributed by atoms with van der Waals surface area (Å²) < 4.78 is 42.2. The van der Waals surface area contributed by atoms with Crippen molar-refractivity contribution in [3.05, 3.63) is 59.7 Å². The molecule has 0 aliphatic carbocycles. The van der Waals surface area contributed by atoms with Crippen molar-refractivity contribution >= 4 is 12.0 Å². The molecule has 2 unspecified atom stereocenters. The number of hydrogen-bond donors (Lipinski definition) is 4. The Kier molecular flexibility index (Phi) is 9.72. The minimum absolute atomic E-state index is 0.0370. The van der Waals surface area contributed by atoms with Crippen LogP contribution in [-0.4, -0.2) is 60.4 Å². The maximum atomic E-state index is 14.1. The lowest BCUT2D eigenvalue weighted by molar-refractivity contribution is -0.161. The number of halogens is 3. The van der Waals surface area contributed by atoms with Crippen molar-refractivity contribution < 1.29 is 27.9 Å². The molecule has 0 bridgehead atoms. The monoisotopic (exact) mass is 531 g/mol. The zero-order valence-corrected chi connectivity index (χ0v) is 21.3. The van der Waals surface area contributed by atoms with E-state index in [1.807, 2.05) is 24.3 Å². The average Bonchev–Trinajstić information content (AvgIpc) is 2.89. The second kappa shape index (κ2) is 12.8. The Morgan fingerprint density at radius 3 is 2.26 bits per heavy atom. The number of carbonyl (C=O) groups excluding carboxylic acids is 1. The Bertz CT molecular complexity index is 1130. The fourth-order valence-corrected chi connectivity index (χ4v) is 4.55. The number of piperazine rings is 1. The van der Waals surface area contributed by atoms with Crippen LogP contribution in [0.5, 0.6) is 0 Å². The van der Waals surface area contributed by atoms with E-state index in [1.165, 1.54) is 17.0 Å². The van der Waals surface area contributed by atoms with Gasteiger partial charge in [0.15, 0.2) is 0 Å². The molecule has 0 aromatic heterocycles. The summed E-state index contributed by atoms with van der Waals surface area (Å²) in [5.41, 5.74) is 2.26. The van der Waals surface area contributed by atoms with Crippen LogP contribution in [0.3, 0.4) is 0 Å². The molecule has 11 heteroatoms. The summed E-state index contributed by atoms with van der Waals surface area (Å²) in [4.78, 5) is 25.4. The number of benzene rings is 2. The first kappa shape index (κ1) is 28.9. The lowest BCUT2D eigenvalue weighted by Gasteiger charge is -2.34. The highest BCUT2D eigenvalue weighted by molar-refractivity contribution is 5.82. The minimum Gasteiger partial charge on any atom is -0.465 e. The number of rotatable bonds is 9. The van der Waals surface area contributed by atoms with E-state index in [4.69, 9.17) is 5.26 Å². The summed E-state index contributed by atoms with van der Waals surface area (Å²) >= 11 is 0. The van der Waals surface area contributed by atoms with Gasteiger partial charge in [0.05, 0.1) is 18.2 Å². The van der Waals surface area contributed by atoms with Crippen molar-refractivity contribution in [3.8, 4) is 17.2 Å². The van der Waals surface area contributed by atoms with Gasteiger partial charge in [-0.1, -0.05) is 62.4 Å². The van der Waals surface area contributed by atoms with Crippen LogP contribution in [0.15, 0.2) is 48.5 Å². The summed E-state index contributed by atoms with van der Waals surface area (Å²) in [7, 11) is 0. The molecule has 4 N–H and O–H groups in total. The first-order valence-electron chi connectivity index (χ1n) is 12.4. The van der Waals surface area contributed by atoms with Crippen molar-refractivity contribution in [3.63, 3.8) is 0 Å². The van der Waals surface area contributed by atoms with Crippen LogP contribution in [0.2, 0.25) is 0 Å². The standard InChI is InChI=1S/C27H32F3N5O3/c1-17(2)15-22(25(36)33-12-11-31)34-24(27(28,29)30)21-9-5-19(6-10-21)18-3-7-20(8-4-18)23-16-32-13-14-35(23)26(37)38/h3-10,17,22-24,32,34H,12-16H2,1-2H3,(H,33,36)(H,37,38)/t22-,23?,24?/m0/s1. The third-order valence-corrected chi connectivity index (χ3v) is 6.42. The number of carboxylic acid groups (broad SMARTS) is 1. The predicted octanol–water partition coefficient (Wildman–Crippen LogP) is 4.23. The number of hydrogen-bond acceptors (Lipinski definition) is 5. The molecular weight excluding hydrogens is 499 g/mol. The SMILES string of the molecule is CC(C)C[C@H](NC(c1ccc(-c2ccc(C3CNCCN3C(=O)O)cc2)cc1)C(F)(F)F)C(=O)NCC#N. The molecular formula is C27H32F3N5O3. The zero-order chi connectivity index (χ0) is 27.9. The molecule has 3 atom stereocenters. The third-order valence-electron chi connectivity index (χ3n) is 6.42. The van der Waals surface area contributed by atoms with E-state index in [0.29, 0.717) is 25.2 Å². The molecule has 1 heterocycles. The Balaban J connectivity index is 1.80. The molecule has 0 saturated carbocycles. The minimum atomic E-state index is -4.65. The van der Waals surface area contributed by atoms with E-state index in [0.717, 1.165) is 11.1 Å². The van der Waals surface area contributed by atoms with Gasteiger partial charge in [-0.15, -0.1) is 0 Å². The maximum Gasteiger partial charge on any atom is 0.407 e. The number of alkyl halides is 3. The smallest absolute Gasteiger partial charge is 0.407 e. The number of nitrogens with zero attached hydrogens (tertiary/aromatic N) is 2. The van der Waals surface area contributed by atoms with Crippen molar-refractivity contribution in [1.82, 2.24) is 20.9 Å². The summed E-state index contributed by atoms with van der Waals surface area (Å²) in [5.74, 6) is -0.702. The first-order chi connectivity index (χ1) is 18.0. The van der Waals surface area contributed by atoms with Gasteiger partial charge in [0.25, 0.3) is 0 Å². The summed E-state index contributed by atoms with van der Waals surface area (Å²) in [5, 5.41) is 26.2. The maximum absolute atomic E-state index is 14.1. The molecule has 2 aromatic carbocycles. The van der Waals surface area contributed by atoms with Crippen molar-refractivity contribution in [2.24, 2.45) is 5.92 Å². The zero-order valence-electron chi connectivity index (χ0n) is 21.3. The lowest BCUT2D eigenvalue weighted by Crippen LogP contribution is -2.49. The van der Waals surface area contributed by atoms with Crippen LogP contribution in [0.4, 0.5) is 18.0 Å². The van der Waals surface area contributed by atoms with E-state index in [-0.39, 0.29) is 30.5 Å². The molecule has 8 nitrogen and oxygen atoms in total. The molecule has 1 aliphatic rings. The second-order valence-electron chi connectivity index (χ2n) is 9.64. The van der Waals surface area contributed by atoms with Crippen LogP contribution in [0.1, 0.15) is 43.5 Å². The van der Waals surface area contributed by atoms with Gasteiger partial charge in [0.2, 0.25) is 5.91 Å². The fraction of sp³-hybridized carbons (Fsp3) is 0.444. The van der Waals surface area contributed by atoms with E-state index in [1.54, 1.807) is 32.0 Å². The largest absolute Gasteiger partial charge is 0.465 e. The van der Waals surface area contributed by atoms with E-state index >= 15 is 0 Å². The number of carbonyl (C=O) groups is 2. The topological polar surface area (TPSA) is 117 Å². The van der Waals surface area contributed by atoms with Gasteiger partial charge in [0, 0.05) is 19.6 Å². The lowest BCUT2D eigenvalue weighted by atomic mass is 9.96. The number of nitriles is 1. The molecule has 0 radical (unpaired) electrons. The van der Waals surface area contributed by atoms with Gasteiger partial charge < -0.3 is 15.7 Å². The predicted molar refractivity (Wildman–Crippen MR) is 136 cm³/mol. The highest BCUT2D eigenvalue weighted by Gasteiger charge is 2.43. The van der Waals surface area contributed by atoms with Crippen LogP contribution < -0.4 is 16.0 Å². The van der Waals surface area contributed by atoms with E-state index in [9.17, 15) is 27.9 Å².